The largest absolute Gasteiger partial charge is 0.391 e. The average molecular weight is 241 g/mol. The summed E-state index contributed by atoms with van der Waals surface area (Å²) in [7, 11) is 2.17. The predicted molar refractivity (Wildman–Crippen MR) is 69.0 cm³/mol. The molecule has 2 aliphatic rings. The van der Waals surface area contributed by atoms with E-state index < -0.39 is 0 Å². The number of hydrogen-bond donors (Lipinski definition) is 1. The average Bonchev–Trinajstić information content (AvgIpc) is 2.82. The summed E-state index contributed by atoms with van der Waals surface area (Å²) in [5, 5.41) is 10.2. The van der Waals surface area contributed by atoms with E-state index in [1.165, 1.54) is 25.7 Å². The Kier molecular flexibility index (Phi) is 4.83. The van der Waals surface area contributed by atoms with Crippen molar-refractivity contribution >= 4 is 0 Å². The summed E-state index contributed by atoms with van der Waals surface area (Å²) in [5.74, 6) is 1.21. The van der Waals surface area contributed by atoms with Crippen LogP contribution in [0.3, 0.4) is 0 Å². The number of hydrogen-bond acceptors (Lipinski definition) is 3. The Morgan fingerprint density at radius 1 is 1.35 bits per heavy atom. The zero-order valence-corrected chi connectivity index (χ0v) is 11.3. The number of nitrogens with zero attached hydrogens (tertiary/aromatic N) is 1. The standard InChI is InChI=1S/C14H27NO2/c1-11-4-3-5-13(8-11)15(2)9-14(16)12-6-7-17-10-12/h11-14,16H,3-10H2,1-2H3. The molecule has 4 atom stereocenters. The molecule has 17 heavy (non-hydrogen) atoms. The molecule has 2 rings (SSSR count). The van der Waals surface area contributed by atoms with Crippen LogP contribution in [0.5, 0.6) is 0 Å². The normalized spacial score (nSPS) is 36.4. The highest BCUT2D eigenvalue weighted by atomic mass is 16.5. The third-order valence-corrected chi connectivity index (χ3v) is 4.52. The van der Waals surface area contributed by atoms with E-state index in [0.29, 0.717) is 12.0 Å². The van der Waals surface area contributed by atoms with E-state index in [9.17, 15) is 5.11 Å². The number of rotatable bonds is 4. The lowest BCUT2D eigenvalue weighted by atomic mass is 9.86. The van der Waals surface area contributed by atoms with Crippen molar-refractivity contribution in [2.45, 2.75) is 51.2 Å². The summed E-state index contributed by atoms with van der Waals surface area (Å²) < 4.78 is 5.34. The van der Waals surface area contributed by atoms with E-state index in [1.807, 2.05) is 0 Å². The molecular weight excluding hydrogens is 214 g/mol. The third kappa shape index (κ3) is 3.67. The minimum absolute atomic E-state index is 0.209. The Bertz CT molecular complexity index is 228. The summed E-state index contributed by atoms with van der Waals surface area (Å²) in [6, 6.07) is 0.677. The molecule has 3 nitrogen and oxygen atoms in total. The maximum absolute atomic E-state index is 10.2. The van der Waals surface area contributed by atoms with Gasteiger partial charge in [-0.2, -0.15) is 0 Å². The zero-order chi connectivity index (χ0) is 12.3. The molecule has 0 bridgehead atoms. The van der Waals surface area contributed by atoms with Gasteiger partial charge in [-0.05, 0) is 32.2 Å². The molecule has 1 saturated heterocycles. The van der Waals surface area contributed by atoms with Crippen LogP contribution in [0, 0.1) is 11.8 Å². The monoisotopic (exact) mass is 241 g/mol. The molecule has 0 aromatic carbocycles. The topological polar surface area (TPSA) is 32.7 Å². The van der Waals surface area contributed by atoms with Crippen LogP contribution in [-0.2, 0) is 4.74 Å². The second kappa shape index (κ2) is 6.17. The minimum atomic E-state index is -0.209. The minimum Gasteiger partial charge on any atom is -0.391 e. The fourth-order valence-corrected chi connectivity index (χ4v) is 3.25. The van der Waals surface area contributed by atoms with Crippen LogP contribution in [0.1, 0.15) is 39.0 Å². The number of aliphatic hydroxyl groups excluding tert-OH is 1. The van der Waals surface area contributed by atoms with E-state index in [-0.39, 0.29) is 6.10 Å². The lowest BCUT2D eigenvalue weighted by Crippen LogP contribution is -2.42. The van der Waals surface area contributed by atoms with Gasteiger partial charge in [-0.15, -0.1) is 0 Å². The highest BCUT2D eigenvalue weighted by molar-refractivity contribution is 4.81. The van der Waals surface area contributed by atoms with Gasteiger partial charge in [0.25, 0.3) is 0 Å². The van der Waals surface area contributed by atoms with Crippen LogP contribution in [0.25, 0.3) is 0 Å². The Balaban J connectivity index is 1.76. The maximum atomic E-state index is 10.2. The lowest BCUT2D eigenvalue weighted by molar-refractivity contribution is 0.0411. The molecule has 0 aromatic rings. The summed E-state index contributed by atoms with van der Waals surface area (Å²) in [4.78, 5) is 2.37. The first-order valence-corrected chi connectivity index (χ1v) is 7.13. The molecule has 4 unspecified atom stereocenters. The van der Waals surface area contributed by atoms with Crippen molar-refractivity contribution < 1.29 is 9.84 Å². The van der Waals surface area contributed by atoms with Crippen molar-refractivity contribution in [3.63, 3.8) is 0 Å². The molecule has 2 fully saturated rings. The molecule has 0 radical (unpaired) electrons. The molecule has 0 aromatic heterocycles. The molecule has 0 spiro atoms. The third-order valence-electron chi connectivity index (χ3n) is 4.52. The van der Waals surface area contributed by atoms with Crippen molar-refractivity contribution in [1.29, 1.82) is 0 Å². The molecule has 100 valence electrons. The second-order valence-corrected chi connectivity index (χ2v) is 6.06. The molecular formula is C14H27NO2. The van der Waals surface area contributed by atoms with Crippen LogP contribution in [0.2, 0.25) is 0 Å². The molecule has 1 heterocycles. The summed E-state index contributed by atoms with van der Waals surface area (Å²) in [6.07, 6.45) is 6.14. The fraction of sp³-hybridized carbons (Fsp3) is 1.00. The first-order valence-electron chi connectivity index (χ1n) is 7.13. The molecule has 1 saturated carbocycles. The molecule has 1 aliphatic heterocycles. The van der Waals surface area contributed by atoms with E-state index in [4.69, 9.17) is 4.74 Å². The SMILES string of the molecule is CC1CCCC(N(C)CC(O)C2CCOC2)C1. The van der Waals surface area contributed by atoms with Gasteiger partial charge in [0.05, 0.1) is 12.7 Å². The summed E-state index contributed by atoms with van der Waals surface area (Å²) in [6.45, 7) is 4.73. The van der Waals surface area contributed by atoms with Crippen molar-refractivity contribution in [1.82, 2.24) is 4.90 Å². The fourth-order valence-electron chi connectivity index (χ4n) is 3.25. The second-order valence-electron chi connectivity index (χ2n) is 6.06. The van der Waals surface area contributed by atoms with Gasteiger partial charge in [0.15, 0.2) is 0 Å². The van der Waals surface area contributed by atoms with Gasteiger partial charge >= 0.3 is 0 Å². The molecule has 1 aliphatic carbocycles. The molecule has 1 N–H and O–H groups in total. The summed E-state index contributed by atoms with van der Waals surface area (Å²) in [5.41, 5.74) is 0. The van der Waals surface area contributed by atoms with Gasteiger partial charge in [-0.25, -0.2) is 0 Å². The van der Waals surface area contributed by atoms with Crippen LogP contribution in [-0.4, -0.2) is 49.0 Å². The number of ether oxygens (including phenoxy) is 1. The van der Waals surface area contributed by atoms with E-state index in [2.05, 4.69) is 18.9 Å². The van der Waals surface area contributed by atoms with E-state index in [0.717, 1.165) is 32.1 Å². The van der Waals surface area contributed by atoms with Crippen LogP contribution < -0.4 is 0 Å². The van der Waals surface area contributed by atoms with Gasteiger partial charge in [-0.3, -0.25) is 0 Å². The van der Waals surface area contributed by atoms with Gasteiger partial charge in [0.2, 0.25) is 0 Å². The predicted octanol–water partition coefficient (Wildman–Crippen LogP) is 1.89. The molecule has 0 amide bonds. The van der Waals surface area contributed by atoms with Crippen LogP contribution in [0.4, 0.5) is 0 Å². The lowest BCUT2D eigenvalue weighted by Gasteiger charge is -2.35. The van der Waals surface area contributed by atoms with Gasteiger partial charge in [0, 0.05) is 25.1 Å². The quantitative estimate of drug-likeness (QED) is 0.816. The van der Waals surface area contributed by atoms with Crippen molar-refractivity contribution in [3.05, 3.63) is 0 Å². The Labute approximate surface area is 105 Å². The van der Waals surface area contributed by atoms with Gasteiger partial charge in [0.1, 0.15) is 0 Å². The molecule has 3 heteroatoms. The maximum Gasteiger partial charge on any atom is 0.0718 e. The van der Waals surface area contributed by atoms with Crippen molar-refractivity contribution in [2.75, 3.05) is 26.8 Å². The van der Waals surface area contributed by atoms with Gasteiger partial charge < -0.3 is 14.7 Å². The zero-order valence-electron chi connectivity index (χ0n) is 11.3. The Morgan fingerprint density at radius 2 is 2.18 bits per heavy atom. The van der Waals surface area contributed by atoms with Crippen LogP contribution >= 0.6 is 0 Å². The van der Waals surface area contributed by atoms with Crippen LogP contribution in [0.15, 0.2) is 0 Å². The van der Waals surface area contributed by atoms with E-state index in [1.54, 1.807) is 0 Å². The Morgan fingerprint density at radius 3 is 2.82 bits per heavy atom. The van der Waals surface area contributed by atoms with E-state index >= 15 is 0 Å². The van der Waals surface area contributed by atoms with Crippen molar-refractivity contribution in [2.24, 2.45) is 11.8 Å². The number of aliphatic hydroxyl groups is 1. The smallest absolute Gasteiger partial charge is 0.0718 e. The van der Waals surface area contributed by atoms with Crippen molar-refractivity contribution in [3.8, 4) is 0 Å². The highest BCUT2D eigenvalue weighted by Crippen LogP contribution is 2.27. The number of likely N-dealkylation sites (N-methyl/N-ethyl adjacent to an activating group) is 1. The Hall–Kier alpha value is -0.120. The summed E-state index contributed by atoms with van der Waals surface area (Å²) >= 11 is 0. The highest BCUT2D eigenvalue weighted by Gasteiger charge is 2.28. The van der Waals surface area contributed by atoms with Gasteiger partial charge in [-0.1, -0.05) is 19.8 Å². The first kappa shape index (κ1) is 13.3. The first-order chi connectivity index (χ1) is 8.16.